The molecule has 6 saturated heterocycles. The van der Waals surface area contributed by atoms with Gasteiger partial charge in [-0.15, -0.1) is 0 Å². The highest BCUT2D eigenvalue weighted by Gasteiger charge is 2.78. The number of aromatic hydroxyl groups is 1. The zero-order valence-corrected chi connectivity index (χ0v) is 32.2. The summed E-state index contributed by atoms with van der Waals surface area (Å²) >= 11 is 0. The van der Waals surface area contributed by atoms with Gasteiger partial charge in [0.05, 0.1) is 62.4 Å². The molecule has 2 N–H and O–H groups in total. The van der Waals surface area contributed by atoms with Crippen LogP contribution >= 0.6 is 0 Å². The Morgan fingerprint density at radius 3 is 2.54 bits per heavy atom. The Morgan fingerprint density at radius 2 is 1.78 bits per heavy atom. The van der Waals surface area contributed by atoms with E-state index < -0.39 is 5.41 Å². The average Bonchev–Trinajstić information content (AvgIpc) is 4.03. The van der Waals surface area contributed by atoms with Crippen molar-refractivity contribution in [2.75, 3.05) is 58.2 Å². The van der Waals surface area contributed by atoms with Crippen LogP contribution in [0.25, 0.3) is 0 Å². The third-order valence-corrected chi connectivity index (χ3v) is 17.2. The Kier molecular flexibility index (Phi) is 6.22. The minimum absolute atomic E-state index is 0.00347. The second-order valence-corrected chi connectivity index (χ2v) is 18.3. The summed E-state index contributed by atoms with van der Waals surface area (Å²) in [5, 5.41) is 15.1. The molecule has 12 atom stereocenters. The van der Waals surface area contributed by atoms with Gasteiger partial charge in [-0.3, -0.25) is 9.80 Å². The molecular formula is C43H52N4O7. The molecule has 8 heterocycles. The zero-order valence-electron chi connectivity index (χ0n) is 32.2. The van der Waals surface area contributed by atoms with Gasteiger partial charge in [0.1, 0.15) is 6.10 Å². The van der Waals surface area contributed by atoms with Crippen molar-refractivity contribution in [3.8, 4) is 17.2 Å². The third kappa shape index (κ3) is 3.36. The molecule has 2 aromatic carbocycles. The van der Waals surface area contributed by atoms with Gasteiger partial charge >= 0.3 is 5.97 Å². The van der Waals surface area contributed by atoms with Crippen LogP contribution in [-0.2, 0) is 29.8 Å². The van der Waals surface area contributed by atoms with E-state index in [0.717, 1.165) is 49.4 Å². The number of nitrogens with zero attached hydrogens (tertiary/aromatic N) is 3. The van der Waals surface area contributed by atoms with Crippen molar-refractivity contribution in [1.29, 1.82) is 0 Å². The number of phenols is 1. The number of hydrogen-bond donors (Lipinski definition) is 2. The minimum atomic E-state index is -0.598. The van der Waals surface area contributed by atoms with Gasteiger partial charge in [-0.05, 0) is 80.3 Å². The lowest BCUT2D eigenvalue weighted by molar-refractivity contribution is -0.137. The van der Waals surface area contributed by atoms with Crippen molar-refractivity contribution in [2.45, 2.75) is 118 Å². The van der Waals surface area contributed by atoms with Gasteiger partial charge in [-0.2, -0.15) is 0 Å². The molecule has 0 radical (unpaired) electrons. The van der Waals surface area contributed by atoms with Crippen molar-refractivity contribution >= 4 is 17.3 Å². The summed E-state index contributed by atoms with van der Waals surface area (Å²) in [6.45, 7) is 7.73. The van der Waals surface area contributed by atoms with Crippen LogP contribution in [-0.4, -0.2) is 111 Å². The predicted octanol–water partition coefficient (Wildman–Crippen LogP) is 5.00. The number of rotatable bonds is 6. The number of likely N-dealkylation sites (N-methyl/N-ethyl adjacent to an activating group) is 1. The van der Waals surface area contributed by atoms with Crippen molar-refractivity contribution < 1.29 is 33.6 Å². The van der Waals surface area contributed by atoms with Gasteiger partial charge in [0.25, 0.3) is 0 Å². The van der Waals surface area contributed by atoms with E-state index in [0.29, 0.717) is 42.0 Å². The van der Waals surface area contributed by atoms with E-state index >= 15 is 0 Å². The molecular weight excluding hydrogens is 684 g/mol. The van der Waals surface area contributed by atoms with Crippen molar-refractivity contribution in [3.05, 3.63) is 52.2 Å². The lowest BCUT2D eigenvalue weighted by Gasteiger charge is -2.57. The second-order valence-electron chi connectivity index (χ2n) is 18.3. The molecule has 3 unspecified atom stereocenters. The van der Waals surface area contributed by atoms with Crippen LogP contribution in [0.4, 0.5) is 11.4 Å². The number of carbonyl (C=O) groups is 1. The highest BCUT2D eigenvalue weighted by atomic mass is 16.6. The standard InChI is InChI=1S/C43H52N4O7/c1-7-40-12-11-28-42(13-15-46(38(40)42)20-27-35(40)53-27)23-17-21(9-10-25(23)45(28)3)30-33-36(54-33)41(8-2)19-22(37(49)52-6)34-43(14-16-47(30)39(41)43)24-18-26(48)31(50-4)32(51-5)29(24)44-34/h9-10,17-18,27-28,30,33,35-36,38-39,44,48H,7-8,11-16,19-20H2,1-6H3/t27-,28?,30-,33-,35?,36?,38+,39+,40-,41-,42+,43+/m1/s1. The predicted molar refractivity (Wildman–Crippen MR) is 200 cm³/mol. The number of epoxide rings is 2. The van der Waals surface area contributed by atoms with Crippen LogP contribution < -0.4 is 19.7 Å². The highest BCUT2D eigenvalue weighted by molar-refractivity contribution is 5.94. The van der Waals surface area contributed by atoms with Crippen LogP contribution in [0.2, 0.25) is 0 Å². The van der Waals surface area contributed by atoms with Gasteiger partial charge < -0.3 is 39.0 Å². The molecule has 11 nitrogen and oxygen atoms in total. The maximum absolute atomic E-state index is 13.8. The number of piperidine rings is 2. The molecule has 54 heavy (non-hydrogen) atoms. The molecule has 1 saturated carbocycles. The van der Waals surface area contributed by atoms with E-state index in [-0.39, 0.29) is 58.0 Å². The van der Waals surface area contributed by atoms with Gasteiger partial charge in [-0.1, -0.05) is 26.0 Å². The fraction of sp³-hybridized carbons (Fsp3) is 0.651. The summed E-state index contributed by atoms with van der Waals surface area (Å²) in [4.78, 5) is 22.0. The molecule has 11 heteroatoms. The molecule has 0 aromatic heterocycles. The van der Waals surface area contributed by atoms with Crippen LogP contribution in [0.15, 0.2) is 35.5 Å². The number of phenolic OH excluding ortho intramolecular Hbond substituents is 1. The van der Waals surface area contributed by atoms with Crippen LogP contribution in [0, 0.1) is 10.8 Å². The Hall–Kier alpha value is -3.51. The Morgan fingerprint density at radius 1 is 0.963 bits per heavy atom. The lowest BCUT2D eigenvalue weighted by atomic mass is 9.52. The first-order valence-corrected chi connectivity index (χ1v) is 20.4. The molecule has 0 amide bonds. The maximum Gasteiger partial charge on any atom is 0.335 e. The van der Waals surface area contributed by atoms with Crippen molar-refractivity contribution in [1.82, 2.24) is 9.80 Å². The fourth-order valence-electron chi connectivity index (χ4n) is 15.3. The first kappa shape index (κ1) is 32.7. The Bertz CT molecular complexity index is 2090. The fourth-order valence-corrected chi connectivity index (χ4v) is 15.3. The van der Waals surface area contributed by atoms with E-state index in [4.69, 9.17) is 23.7 Å². The van der Waals surface area contributed by atoms with E-state index in [1.807, 2.05) is 6.07 Å². The van der Waals surface area contributed by atoms with Gasteiger partial charge in [0.2, 0.25) is 5.75 Å². The summed E-state index contributed by atoms with van der Waals surface area (Å²) < 4.78 is 30.5. The smallest absolute Gasteiger partial charge is 0.335 e. The van der Waals surface area contributed by atoms with Gasteiger partial charge in [0.15, 0.2) is 11.5 Å². The number of hydrogen-bond acceptors (Lipinski definition) is 11. The summed E-state index contributed by atoms with van der Waals surface area (Å²) in [6, 6.07) is 10.4. The van der Waals surface area contributed by atoms with E-state index in [9.17, 15) is 9.90 Å². The number of esters is 1. The van der Waals surface area contributed by atoms with Gasteiger partial charge in [-0.25, -0.2) is 4.79 Å². The van der Waals surface area contributed by atoms with E-state index in [1.165, 1.54) is 44.0 Å². The topological polar surface area (TPSA) is 112 Å². The molecule has 7 fully saturated rings. The van der Waals surface area contributed by atoms with Crippen LogP contribution in [0.1, 0.15) is 81.5 Å². The number of nitrogens with one attached hydrogen (secondary N) is 1. The SMILES string of the molecule is CC[C@@]12CCC3N(C)c4ccc([C@@H]5[C@H]6OC6[C@@]6(CC)CC(C(=O)OC)=C7Nc8c(cc(O)c(OC)c8OC)[C@@]78CCN5[C@@H]68)cc4[C@@]34CCN(C[C@H]3OC31)[C@@H]24. The van der Waals surface area contributed by atoms with Crippen molar-refractivity contribution in [2.24, 2.45) is 10.8 Å². The number of benzene rings is 2. The monoisotopic (exact) mass is 736 g/mol. The Balaban J connectivity index is 1.02. The molecule has 2 aliphatic carbocycles. The number of ether oxygens (including phenoxy) is 5. The second kappa shape index (κ2) is 10.3. The Labute approximate surface area is 316 Å². The summed E-state index contributed by atoms with van der Waals surface area (Å²) in [5.74, 6) is 0.454. The van der Waals surface area contributed by atoms with Crippen LogP contribution in [0.5, 0.6) is 17.2 Å². The molecule has 10 aliphatic rings. The molecule has 12 rings (SSSR count). The number of fused-ring (bicyclic) bond motifs is 6. The number of methoxy groups -OCH3 is 3. The van der Waals surface area contributed by atoms with Gasteiger partial charge in [0, 0.05) is 65.9 Å². The summed E-state index contributed by atoms with van der Waals surface area (Å²) in [7, 11) is 6.96. The number of carbonyl (C=O) groups excluding carboxylic acids is 1. The molecule has 2 spiro atoms. The normalized spacial score (nSPS) is 43.9. The van der Waals surface area contributed by atoms with E-state index in [1.54, 1.807) is 19.8 Å². The third-order valence-electron chi connectivity index (χ3n) is 17.2. The summed E-state index contributed by atoms with van der Waals surface area (Å²) in [6.07, 6.45) is 7.89. The largest absolute Gasteiger partial charge is 0.504 e. The lowest BCUT2D eigenvalue weighted by Crippen LogP contribution is -2.66. The molecule has 0 bridgehead atoms. The first-order valence-electron chi connectivity index (χ1n) is 20.4. The van der Waals surface area contributed by atoms with Crippen LogP contribution in [0.3, 0.4) is 0 Å². The maximum atomic E-state index is 13.8. The first-order chi connectivity index (χ1) is 26.2. The van der Waals surface area contributed by atoms with E-state index in [2.05, 4.69) is 59.1 Å². The average molecular weight is 737 g/mol. The molecule has 8 aliphatic heterocycles. The quantitative estimate of drug-likeness (QED) is 0.238. The molecule has 286 valence electrons. The highest BCUT2D eigenvalue weighted by Crippen LogP contribution is 2.73. The zero-order chi connectivity index (χ0) is 36.8. The summed E-state index contributed by atoms with van der Waals surface area (Å²) in [5.41, 5.74) is 6.93. The molecule has 2 aromatic rings. The minimum Gasteiger partial charge on any atom is -0.504 e. The van der Waals surface area contributed by atoms with Crippen molar-refractivity contribution in [3.63, 3.8) is 0 Å². The number of anilines is 2.